The highest BCUT2D eigenvalue weighted by Crippen LogP contribution is 2.28. The van der Waals surface area contributed by atoms with E-state index >= 15 is 0 Å². The first-order valence-electron chi connectivity index (χ1n) is 9.66. The van der Waals surface area contributed by atoms with E-state index < -0.39 is 29.6 Å². The first-order valence-corrected chi connectivity index (χ1v) is 10.4. The molecule has 1 N–H and O–H groups in total. The lowest BCUT2D eigenvalue weighted by molar-refractivity contribution is -0.131. The molecule has 1 heterocycles. The molecular formula is C22H19Cl2FN4O3. The summed E-state index contributed by atoms with van der Waals surface area (Å²) in [5.74, 6) is -2.72. The minimum absolute atomic E-state index is 0.0514. The molecule has 2 aromatic carbocycles. The third kappa shape index (κ3) is 5.18. The predicted molar refractivity (Wildman–Crippen MR) is 118 cm³/mol. The molecule has 3 amide bonds. The van der Waals surface area contributed by atoms with E-state index in [1.807, 2.05) is 12.1 Å². The van der Waals surface area contributed by atoms with E-state index in [-0.39, 0.29) is 41.0 Å². The van der Waals surface area contributed by atoms with Crippen molar-refractivity contribution in [1.29, 1.82) is 5.26 Å². The Kier molecular flexibility index (Phi) is 7.33. The van der Waals surface area contributed by atoms with Gasteiger partial charge in [0, 0.05) is 19.3 Å². The van der Waals surface area contributed by atoms with Crippen molar-refractivity contribution < 1.29 is 18.8 Å². The number of para-hydroxylation sites is 1. The van der Waals surface area contributed by atoms with E-state index in [1.54, 1.807) is 24.3 Å². The molecule has 0 bridgehead atoms. The quantitative estimate of drug-likeness (QED) is 0.713. The molecule has 10 heteroatoms. The van der Waals surface area contributed by atoms with Gasteiger partial charge >= 0.3 is 0 Å². The fraction of sp³-hybridized carbons (Fsp3) is 0.273. The fourth-order valence-corrected chi connectivity index (χ4v) is 4.11. The molecule has 7 nitrogen and oxygen atoms in total. The molecule has 1 fully saturated rings. The van der Waals surface area contributed by atoms with Gasteiger partial charge in [-0.3, -0.25) is 14.4 Å². The number of carbonyl (C=O) groups excluding carboxylic acids is 3. The van der Waals surface area contributed by atoms with Crippen LogP contribution in [0.25, 0.3) is 0 Å². The summed E-state index contributed by atoms with van der Waals surface area (Å²) >= 11 is 11.9. The summed E-state index contributed by atoms with van der Waals surface area (Å²) in [6.45, 7) is -0.316. The lowest BCUT2D eigenvalue weighted by Crippen LogP contribution is -2.43. The summed E-state index contributed by atoms with van der Waals surface area (Å²) in [6.07, 6.45) is 0.189. The van der Waals surface area contributed by atoms with Crippen molar-refractivity contribution in [2.75, 3.05) is 25.5 Å². The Morgan fingerprint density at radius 3 is 2.44 bits per heavy atom. The van der Waals surface area contributed by atoms with Crippen LogP contribution in [0, 0.1) is 23.1 Å². The van der Waals surface area contributed by atoms with Gasteiger partial charge in [-0.15, -0.1) is 0 Å². The van der Waals surface area contributed by atoms with Crippen molar-refractivity contribution >= 4 is 46.6 Å². The van der Waals surface area contributed by atoms with Crippen LogP contribution in [-0.4, -0.2) is 53.7 Å². The molecule has 0 aliphatic carbocycles. The number of rotatable bonds is 5. The van der Waals surface area contributed by atoms with Crippen molar-refractivity contribution in [3.63, 3.8) is 0 Å². The second kappa shape index (κ2) is 9.98. The van der Waals surface area contributed by atoms with Gasteiger partial charge in [-0.2, -0.15) is 5.26 Å². The topological polar surface area (TPSA) is 93.5 Å². The van der Waals surface area contributed by atoms with Crippen LogP contribution in [0.5, 0.6) is 0 Å². The minimum atomic E-state index is -0.796. The van der Waals surface area contributed by atoms with Gasteiger partial charge in [0.15, 0.2) is 0 Å². The van der Waals surface area contributed by atoms with Gasteiger partial charge in [-0.25, -0.2) is 4.39 Å². The summed E-state index contributed by atoms with van der Waals surface area (Å²) in [6, 6.07) is 12.0. The zero-order valence-electron chi connectivity index (χ0n) is 17.0. The van der Waals surface area contributed by atoms with Crippen molar-refractivity contribution in [1.82, 2.24) is 9.80 Å². The Bertz CT molecular complexity index is 1070. The van der Waals surface area contributed by atoms with Crippen molar-refractivity contribution in [3.8, 4) is 6.07 Å². The van der Waals surface area contributed by atoms with E-state index in [9.17, 15) is 24.0 Å². The number of halogens is 3. The molecule has 0 aromatic heterocycles. The van der Waals surface area contributed by atoms with E-state index in [4.69, 9.17) is 23.2 Å². The number of hydrogen-bond acceptors (Lipinski definition) is 4. The normalized spacial score (nSPS) is 17.5. The Labute approximate surface area is 194 Å². The predicted octanol–water partition coefficient (Wildman–Crippen LogP) is 3.58. The van der Waals surface area contributed by atoms with Gasteiger partial charge in [-0.1, -0.05) is 41.4 Å². The second-order valence-electron chi connectivity index (χ2n) is 7.38. The SMILES string of the molecule is CN(CC(=O)N1CC(C(=O)Nc2ccccc2)CC1C#N)C(=O)c1c(Cl)cc(F)cc1Cl. The van der Waals surface area contributed by atoms with E-state index in [1.165, 1.54) is 11.9 Å². The molecule has 1 saturated heterocycles. The van der Waals surface area contributed by atoms with Gasteiger partial charge < -0.3 is 15.1 Å². The first kappa shape index (κ1) is 23.5. The van der Waals surface area contributed by atoms with Crippen LogP contribution < -0.4 is 5.32 Å². The van der Waals surface area contributed by atoms with Crippen LogP contribution >= 0.6 is 23.2 Å². The van der Waals surface area contributed by atoms with E-state index in [0.717, 1.165) is 17.0 Å². The number of likely N-dealkylation sites (N-methyl/N-ethyl adjacent to an activating group) is 1. The zero-order chi connectivity index (χ0) is 23.4. The number of nitrogens with one attached hydrogen (secondary N) is 1. The number of hydrogen-bond donors (Lipinski definition) is 1. The molecule has 2 atom stereocenters. The standard InChI is InChI=1S/C22H19Cl2FN4O3/c1-28(22(32)20-17(23)8-14(25)9-18(20)24)12-19(30)29-11-13(7-16(29)10-26)21(31)27-15-5-3-2-4-6-15/h2-6,8-9,13,16H,7,11-12H2,1H3,(H,27,31). The third-order valence-corrected chi connectivity index (χ3v) is 5.72. The molecule has 0 radical (unpaired) electrons. The van der Waals surface area contributed by atoms with Gasteiger partial charge in [0.2, 0.25) is 11.8 Å². The molecule has 2 unspecified atom stereocenters. The average Bonchev–Trinajstić information content (AvgIpc) is 3.18. The Morgan fingerprint density at radius 1 is 1.22 bits per heavy atom. The van der Waals surface area contributed by atoms with Crippen molar-refractivity contribution in [2.24, 2.45) is 5.92 Å². The lowest BCUT2D eigenvalue weighted by atomic mass is 10.1. The van der Waals surface area contributed by atoms with Crippen molar-refractivity contribution in [3.05, 3.63) is 63.9 Å². The Hall–Kier alpha value is -3.15. The molecule has 32 heavy (non-hydrogen) atoms. The second-order valence-corrected chi connectivity index (χ2v) is 8.20. The maximum Gasteiger partial charge on any atom is 0.257 e. The zero-order valence-corrected chi connectivity index (χ0v) is 18.5. The Morgan fingerprint density at radius 2 is 1.84 bits per heavy atom. The number of amides is 3. The summed E-state index contributed by atoms with van der Waals surface area (Å²) in [5.41, 5.74) is 0.498. The highest BCUT2D eigenvalue weighted by atomic mass is 35.5. The summed E-state index contributed by atoms with van der Waals surface area (Å²) < 4.78 is 13.4. The number of anilines is 1. The van der Waals surface area contributed by atoms with Crippen LogP contribution in [0.4, 0.5) is 10.1 Å². The van der Waals surface area contributed by atoms with E-state index in [0.29, 0.717) is 5.69 Å². The summed E-state index contributed by atoms with van der Waals surface area (Å²) in [5, 5.41) is 11.9. The number of carbonyl (C=O) groups is 3. The van der Waals surface area contributed by atoms with E-state index in [2.05, 4.69) is 5.32 Å². The number of nitriles is 1. The molecule has 166 valence electrons. The third-order valence-electron chi connectivity index (χ3n) is 5.12. The van der Waals surface area contributed by atoms with Crippen LogP contribution in [0.1, 0.15) is 16.8 Å². The molecule has 3 rings (SSSR count). The molecule has 0 saturated carbocycles. The van der Waals surface area contributed by atoms with Gasteiger partial charge in [0.1, 0.15) is 11.9 Å². The number of likely N-dealkylation sites (tertiary alicyclic amines) is 1. The smallest absolute Gasteiger partial charge is 0.257 e. The van der Waals surface area contributed by atoms with Gasteiger partial charge in [0.25, 0.3) is 5.91 Å². The maximum atomic E-state index is 13.4. The van der Waals surface area contributed by atoms with Gasteiger partial charge in [0.05, 0.1) is 34.1 Å². The van der Waals surface area contributed by atoms with Crippen molar-refractivity contribution in [2.45, 2.75) is 12.5 Å². The molecule has 1 aliphatic rings. The average molecular weight is 477 g/mol. The molecular weight excluding hydrogens is 458 g/mol. The highest BCUT2D eigenvalue weighted by molar-refractivity contribution is 6.39. The lowest BCUT2D eigenvalue weighted by Gasteiger charge is -2.24. The number of benzene rings is 2. The van der Waals surface area contributed by atoms with Crippen LogP contribution in [-0.2, 0) is 9.59 Å². The molecule has 1 aliphatic heterocycles. The maximum absolute atomic E-state index is 13.4. The molecule has 2 aromatic rings. The van der Waals surface area contributed by atoms with Crippen LogP contribution in [0.2, 0.25) is 10.0 Å². The Balaban J connectivity index is 1.67. The largest absolute Gasteiger partial charge is 0.332 e. The van der Waals surface area contributed by atoms with Crippen LogP contribution in [0.15, 0.2) is 42.5 Å². The number of nitrogens with zero attached hydrogens (tertiary/aromatic N) is 3. The minimum Gasteiger partial charge on any atom is -0.332 e. The van der Waals surface area contributed by atoms with Crippen LogP contribution in [0.3, 0.4) is 0 Å². The first-order chi connectivity index (χ1) is 15.2. The summed E-state index contributed by atoms with van der Waals surface area (Å²) in [4.78, 5) is 40.5. The fourth-order valence-electron chi connectivity index (χ4n) is 3.49. The van der Waals surface area contributed by atoms with Gasteiger partial charge in [-0.05, 0) is 30.7 Å². The monoisotopic (exact) mass is 476 g/mol. The highest BCUT2D eigenvalue weighted by Gasteiger charge is 2.39. The summed E-state index contributed by atoms with van der Waals surface area (Å²) in [7, 11) is 1.37. The molecule has 0 spiro atoms.